The Morgan fingerprint density at radius 2 is 1.92 bits per heavy atom. The number of hydrogen-bond donors (Lipinski definition) is 1. The number of nitrogens with zero attached hydrogens (tertiary/aromatic N) is 4. The molecule has 7 nitrogen and oxygen atoms in total. The summed E-state index contributed by atoms with van der Waals surface area (Å²) in [6.45, 7) is 2.82. The molecule has 1 aromatic heterocycles. The quantitative estimate of drug-likeness (QED) is 0.917. The van der Waals surface area contributed by atoms with Crippen LogP contribution < -0.4 is 15.0 Å². The van der Waals surface area contributed by atoms with Gasteiger partial charge in [-0.3, -0.25) is 0 Å². The highest BCUT2D eigenvalue weighted by Gasteiger charge is 2.24. The van der Waals surface area contributed by atoms with E-state index in [1.165, 1.54) is 12.0 Å². The number of fused-ring (bicyclic) bond motifs is 1. The molecule has 1 saturated heterocycles. The van der Waals surface area contributed by atoms with Crippen molar-refractivity contribution in [2.45, 2.75) is 19.3 Å². The molecule has 26 heavy (non-hydrogen) atoms. The summed E-state index contributed by atoms with van der Waals surface area (Å²) in [5.74, 6) is 1.59. The summed E-state index contributed by atoms with van der Waals surface area (Å²) in [5, 5.41) is 11.7. The summed E-state index contributed by atoms with van der Waals surface area (Å²) in [4.78, 5) is 16.6. The minimum absolute atomic E-state index is 0.103. The molecule has 2 heterocycles. The molecule has 1 N–H and O–H groups in total. The Balaban J connectivity index is 1.36. The van der Waals surface area contributed by atoms with Gasteiger partial charge in [-0.05, 0) is 43.0 Å². The van der Waals surface area contributed by atoms with Gasteiger partial charge in [0.05, 0.1) is 18.5 Å². The van der Waals surface area contributed by atoms with Gasteiger partial charge in [-0.1, -0.05) is 12.1 Å². The van der Waals surface area contributed by atoms with Crippen LogP contribution in [0.15, 0.2) is 30.3 Å². The third-order valence-electron chi connectivity index (χ3n) is 5.05. The number of para-hydroxylation sites is 2. The highest BCUT2D eigenvalue weighted by atomic mass is 16.5. The van der Waals surface area contributed by atoms with E-state index in [-0.39, 0.29) is 6.03 Å². The van der Waals surface area contributed by atoms with Crippen LogP contribution in [0.1, 0.15) is 17.7 Å². The number of anilines is 2. The molecule has 1 aromatic carbocycles. The number of aryl methyl sites for hydroxylation is 2. The number of benzene rings is 1. The summed E-state index contributed by atoms with van der Waals surface area (Å²) in [6.07, 6.45) is 3.31. The fraction of sp³-hybridized carbons (Fsp3) is 0.421. The van der Waals surface area contributed by atoms with Gasteiger partial charge < -0.3 is 19.9 Å². The van der Waals surface area contributed by atoms with Crippen molar-refractivity contribution in [3.8, 4) is 5.75 Å². The number of nitrogens with one attached hydrogen (secondary N) is 1. The Bertz CT molecular complexity index is 802. The Morgan fingerprint density at radius 3 is 2.73 bits per heavy atom. The van der Waals surface area contributed by atoms with Crippen LogP contribution in [-0.4, -0.2) is 54.4 Å². The standard InChI is InChI=1S/C19H23N5O2/c1-26-17-8-3-2-6-16(17)20-19(25)24-11-9-23(10-12-24)18-13-14-5-4-7-15(14)21-22-18/h2-3,6,8,13H,4-5,7,9-12H2,1H3,(H,20,25). The molecule has 136 valence electrons. The number of piperazine rings is 1. The minimum atomic E-state index is -0.103. The van der Waals surface area contributed by atoms with E-state index in [1.807, 2.05) is 29.2 Å². The Hall–Kier alpha value is -2.83. The lowest BCUT2D eigenvalue weighted by atomic mass is 10.2. The summed E-state index contributed by atoms with van der Waals surface area (Å²) in [5.41, 5.74) is 3.15. The summed E-state index contributed by atoms with van der Waals surface area (Å²) < 4.78 is 5.29. The Kier molecular flexibility index (Phi) is 4.60. The van der Waals surface area contributed by atoms with Gasteiger partial charge >= 0.3 is 6.03 Å². The molecule has 1 aliphatic heterocycles. The van der Waals surface area contributed by atoms with Crippen LogP contribution in [0.25, 0.3) is 0 Å². The zero-order chi connectivity index (χ0) is 17.9. The van der Waals surface area contributed by atoms with Gasteiger partial charge in [-0.2, -0.15) is 5.10 Å². The van der Waals surface area contributed by atoms with Gasteiger partial charge in [0.1, 0.15) is 5.75 Å². The van der Waals surface area contributed by atoms with Crippen LogP contribution >= 0.6 is 0 Å². The first kappa shape index (κ1) is 16.6. The second kappa shape index (κ2) is 7.19. The predicted molar refractivity (Wildman–Crippen MR) is 99.9 cm³/mol. The average Bonchev–Trinajstić information content (AvgIpc) is 3.16. The smallest absolute Gasteiger partial charge is 0.322 e. The fourth-order valence-corrected chi connectivity index (χ4v) is 3.55. The maximum absolute atomic E-state index is 12.5. The number of aromatic nitrogens is 2. The van der Waals surface area contributed by atoms with Crippen molar-refractivity contribution in [1.29, 1.82) is 0 Å². The van der Waals surface area contributed by atoms with Crippen molar-refractivity contribution in [1.82, 2.24) is 15.1 Å². The molecule has 2 aromatic rings. The van der Waals surface area contributed by atoms with E-state index in [0.717, 1.165) is 37.4 Å². The van der Waals surface area contributed by atoms with Crippen LogP contribution in [-0.2, 0) is 12.8 Å². The molecule has 0 atom stereocenters. The number of amides is 2. The minimum Gasteiger partial charge on any atom is -0.495 e. The van der Waals surface area contributed by atoms with Gasteiger partial charge in [0, 0.05) is 26.2 Å². The molecule has 1 aliphatic carbocycles. The van der Waals surface area contributed by atoms with E-state index >= 15 is 0 Å². The molecular weight excluding hydrogens is 330 g/mol. The van der Waals surface area contributed by atoms with E-state index < -0.39 is 0 Å². The molecule has 0 saturated carbocycles. The zero-order valence-electron chi connectivity index (χ0n) is 14.9. The van der Waals surface area contributed by atoms with E-state index in [4.69, 9.17) is 4.74 Å². The van der Waals surface area contributed by atoms with Crippen molar-refractivity contribution in [2.24, 2.45) is 0 Å². The maximum atomic E-state index is 12.5. The third kappa shape index (κ3) is 3.29. The largest absolute Gasteiger partial charge is 0.495 e. The monoisotopic (exact) mass is 353 g/mol. The van der Waals surface area contributed by atoms with Crippen molar-refractivity contribution in [3.05, 3.63) is 41.6 Å². The van der Waals surface area contributed by atoms with Crippen molar-refractivity contribution >= 4 is 17.5 Å². The van der Waals surface area contributed by atoms with Crippen LogP contribution in [0.4, 0.5) is 16.3 Å². The molecular formula is C19H23N5O2. The van der Waals surface area contributed by atoms with Crippen molar-refractivity contribution in [3.63, 3.8) is 0 Å². The van der Waals surface area contributed by atoms with E-state index in [0.29, 0.717) is 24.5 Å². The van der Waals surface area contributed by atoms with Gasteiger partial charge in [0.15, 0.2) is 5.82 Å². The van der Waals surface area contributed by atoms with Crippen LogP contribution in [0, 0.1) is 0 Å². The third-order valence-corrected chi connectivity index (χ3v) is 5.05. The lowest BCUT2D eigenvalue weighted by Gasteiger charge is -2.35. The van der Waals surface area contributed by atoms with Crippen molar-refractivity contribution in [2.75, 3.05) is 43.5 Å². The Morgan fingerprint density at radius 1 is 1.12 bits per heavy atom. The normalized spacial score (nSPS) is 16.3. The van der Waals surface area contributed by atoms with Crippen LogP contribution in [0.2, 0.25) is 0 Å². The number of carbonyl (C=O) groups excluding carboxylic acids is 1. The number of urea groups is 1. The fourth-order valence-electron chi connectivity index (χ4n) is 3.55. The number of hydrogen-bond acceptors (Lipinski definition) is 5. The molecule has 7 heteroatoms. The molecule has 4 rings (SSSR count). The molecule has 2 amide bonds. The molecule has 0 spiro atoms. The first-order valence-electron chi connectivity index (χ1n) is 9.04. The number of ether oxygens (including phenoxy) is 1. The highest BCUT2D eigenvalue weighted by molar-refractivity contribution is 5.91. The number of methoxy groups -OCH3 is 1. The lowest BCUT2D eigenvalue weighted by molar-refractivity contribution is 0.208. The van der Waals surface area contributed by atoms with Gasteiger partial charge in [-0.25, -0.2) is 4.79 Å². The van der Waals surface area contributed by atoms with Gasteiger partial charge in [0.2, 0.25) is 0 Å². The lowest BCUT2D eigenvalue weighted by Crippen LogP contribution is -2.50. The first-order chi connectivity index (χ1) is 12.7. The summed E-state index contributed by atoms with van der Waals surface area (Å²) in [6, 6.07) is 9.50. The van der Waals surface area contributed by atoms with E-state index in [1.54, 1.807) is 7.11 Å². The highest BCUT2D eigenvalue weighted by Crippen LogP contribution is 2.25. The number of rotatable bonds is 3. The maximum Gasteiger partial charge on any atom is 0.322 e. The average molecular weight is 353 g/mol. The van der Waals surface area contributed by atoms with Gasteiger partial charge in [0.25, 0.3) is 0 Å². The molecule has 2 aliphatic rings. The molecule has 1 fully saturated rings. The topological polar surface area (TPSA) is 70.6 Å². The summed E-state index contributed by atoms with van der Waals surface area (Å²) >= 11 is 0. The second-order valence-corrected chi connectivity index (χ2v) is 6.63. The van der Waals surface area contributed by atoms with E-state index in [2.05, 4.69) is 26.5 Å². The number of carbonyl (C=O) groups is 1. The summed E-state index contributed by atoms with van der Waals surface area (Å²) in [7, 11) is 1.60. The van der Waals surface area contributed by atoms with E-state index in [9.17, 15) is 4.79 Å². The molecule has 0 bridgehead atoms. The molecule has 0 radical (unpaired) electrons. The second-order valence-electron chi connectivity index (χ2n) is 6.63. The molecule has 0 unspecified atom stereocenters. The SMILES string of the molecule is COc1ccccc1NC(=O)N1CCN(c2cc3c(nn2)CCC3)CC1. The first-order valence-corrected chi connectivity index (χ1v) is 9.04. The van der Waals surface area contributed by atoms with Crippen LogP contribution in [0.3, 0.4) is 0 Å². The zero-order valence-corrected chi connectivity index (χ0v) is 14.9. The van der Waals surface area contributed by atoms with Crippen LogP contribution in [0.5, 0.6) is 5.75 Å². The predicted octanol–water partition coefficient (Wildman–Crippen LogP) is 2.33. The Labute approximate surface area is 153 Å². The van der Waals surface area contributed by atoms with Gasteiger partial charge in [-0.15, -0.1) is 5.10 Å². The van der Waals surface area contributed by atoms with Crippen molar-refractivity contribution < 1.29 is 9.53 Å².